The Morgan fingerprint density at radius 3 is 2.42 bits per heavy atom. The van der Waals surface area contributed by atoms with Gasteiger partial charge in [0.15, 0.2) is 5.76 Å². The summed E-state index contributed by atoms with van der Waals surface area (Å²) >= 11 is 0. The molecule has 2 aromatic rings. The van der Waals surface area contributed by atoms with Crippen LogP contribution < -0.4 is 10.6 Å². The van der Waals surface area contributed by atoms with Gasteiger partial charge in [-0.05, 0) is 43.9 Å². The fourth-order valence-corrected chi connectivity index (χ4v) is 2.32. The third kappa shape index (κ3) is 4.20. The minimum absolute atomic E-state index is 0.154. The topological polar surface area (TPSA) is 74.6 Å². The van der Waals surface area contributed by atoms with Crippen molar-refractivity contribution in [1.82, 2.24) is 15.5 Å². The molecule has 24 heavy (non-hydrogen) atoms. The lowest BCUT2D eigenvalue weighted by atomic mass is 10.1. The summed E-state index contributed by atoms with van der Waals surface area (Å²) in [5.74, 6) is -0.272. The van der Waals surface area contributed by atoms with Gasteiger partial charge in [-0.2, -0.15) is 0 Å². The molecule has 1 aromatic heterocycles. The maximum atomic E-state index is 13.1. The highest BCUT2D eigenvalue weighted by Gasteiger charge is 2.23. The first-order valence-electron chi connectivity index (χ1n) is 7.42. The molecule has 7 heteroatoms. The predicted molar refractivity (Wildman–Crippen MR) is 86.8 cm³/mol. The molecule has 128 valence electrons. The van der Waals surface area contributed by atoms with E-state index in [0.717, 1.165) is 0 Å². The molecule has 0 bridgehead atoms. The molecule has 2 rings (SSSR count). The van der Waals surface area contributed by atoms with E-state index in [9.17, 15) is 14.0 Å². The van der Waals surface area contributed by atoms with Gasteiger partial charge >= 0.3 is 0 Å². The van der Waals surface area contributed by atoms with Crippen LogP contribution in [0.25, 0.3) is 0 Å². The zero-order valence-electron chi connectivity index (χ0n) is 13.8. The number of rotatable bonds is 6. The number of likely N-dealkylation sites (N-methyl/N-ethyl adjacent to an activating group) is 1. The predicted octanol–water partition coefficient (Wildman–Crippen LogP) is 1.70. The van der Waals surface area contributed by atoms with Gasteiger partial charge < -0.3 is 15.1 Å². The molecular weight excluding hydrogens is 313 g/mol. The first kappa shape index (κ1) is 17.7. The molecule has 1 atom stereocenters. The standard InChI is InChI=1S/C17H20FN3O3/c1-19-16(22)14-9-8-13(24-14)10-20-17(23)15(21(2)3)11-4-6-12(18)7-5-11/h4-9,15H,10H2,1-3H3,(H,19,22)(H,20,23)/t15-/m0/s1. The SMILES string of the molecule is CNC(=O)c1ccc(CNC(=O)[C@H](c2ccc(F)cc2)N(C)C)o1. The Labute approximate surface area is 139 Å². The molecule has 0 aliphatic carbocycles. The summed E-state index contributed by atoms with van der Waals surface area (Å²) < 4.78 is 18.4. The molecule has 1 heterocycles. The second-order valence-electron chi connectivity index (χ2n) is 5.48. The fourth-order valence-electron chi connectivity index (χ4n) is 2.32. The summed E-state index contributed by atoms with van der Waals surface area (Å²) in [6.07, 6.45) is 0. The van der Waals surface area contributed by atoms with Crippen LogP contribution in [-0.2, 0) is 11.3 Å². The van der Waals surface area contributed by atoms with Gasteiger partial charge in [-0.15, -0.1) is 0 Å². The molecule has 0 radical (unpaired) electrons. The van der Waals surface area contributed by atoms with Crippen LogP contribution in [0.3, 0.4) is 0 Å². The van der Waals surface area contributed by atoms with Crippen LogP contribution in [0.5, 0.6) is 0 Å². The maximum absolute atomic E-state index is 13.1. The molecule has 0 saturated carbocycles. The molecule has 0 unspecified atom stereocenters. The second-order valence-corrected chi connectivity index (χ2v) is 5.48. The van der Waals surface area contributed by atoms with Crippen LogP contribution in [-0.4, -0.2) is 37.9 Å². The molecule has 0 aliphatic rings. The van der Waals surface area contributed by atoms with E-state index in [1.807, 2.05) is 0 Å². The van der Waals surface area contributed by atoms with E-state index in [-0.39, 0.29) is 29.9 Å². The number of halogens is 1. The van der Waals surface area contributed by atoms with Gasteiger partial charge in [-0.3, -0.25) is 14.5 Å². The minimum atomic E-state index is -0.557. The largest absolute Gasteiger partial charge is 0.454 e. The molecule has 2 amide bonds. The van der Waals surface area contributed by atoms with Crippen molar-refractivity contribution in [2.45, 2.75) is 12.6 Å². The van der Waals surface area contributed by atoms with Crippen molar-refractivity contribution in [2.24, 2.45) is 0 Å². The number of benzene rings is 1. The highest BCUT2D eigenvalue weighted by molar-refractivity contribution is 5.91. The number of furan rings is 1. The molecule has 0 spiro atoms. The molecule has 2 N–H and O–H groups in total. The summed E-state index contributed by atoms with van der Waals surface area (Å²) in [5.41, 5.74) is 0.685. The smallest absolute Gasteiger partial charge is 0.286 e. The van der Waals surface area contributed by atoms with Crippen LogP contribution in [0, 0.1) is 5.82 Å². The molecule has 0 fully saturated rings. The molecule has 1 aromatic carbocycles. The lowest BCUT2D eigenvalue weighted by molar-refractivity contribution is -0.126. The third-order valence-corrected chi connectivity index (χ3v) is 3.50. The van der Waals surface area contributed by atoms with E-state index < -0.39 is 6.04 Å². The number of amides is 2. The van der Waals surface area contributed by atoms with E-state index in [2.05, 4.69) is 10.6 Å². The van der Waals surface area contributed by atoms with Crippen molar-refractivity contribution in [1.29, 1.82) is 0 Å². The number of hydrogen-bond donors (Lipinski definition) is 2. The van der Waals surface area contributed by atoms with Crippen molar-refractivity contribution in [3.05, 3.63) is 59.3 Å². The van der Waals surface area contributed by atoms with Crippen molar-refractivity contribution in [3.63, 3.8) is 0 Å². The minimum Gasteiger partial charge on any atom is -0.454 e. The molecule has 0 saturated heterocycles. The average Bonchev–Trinajstić information content (AvgIpc) is 3.03. The quantitative estimate of drug-likeness (QED) is 0.844. The number of nitrogens with one attached hydrogen (secondary N) is 2. The molecular formula is C17H20FN3O3. The van der Waals surface area contributed by atoms with Gasteiger partial charge in [0, 0.05) is 7.05 Å². The van der Waals surface area contributed by atoms with Gasteiger partial charge in [0.2, 0.25) is 5.91 Å². The maximum Gasteiger partial charge on any atom is 0.286 e. The summed E-state index contributed by atoms with van der Waals surface area (Å²) in [6.45, 7) is 0.154. The Balaban J connectivity index is 2.04. The van der Waals surface area contributed by atoms with E-state index in [1.165, 1.54) is 19.2 Å². The van der Waals surface area contributed by atoms with E-state index in [1.54, 1.807) is 43.3 Å². The van der Waals surface area contributed by atoms with Crippen LogP contribution in [0.15, 0.2) is 40.8 Å². The van der Waals surface area contributed by atoms with Crippen molar-refractivity contribution in [2.75, 3.05) is 21.1 Å². The van der Waals surface area contributed by atoms with Crippen molar-refractivity contribution >= 4 is 11.8 Å². The van der Waals surface area contributed by atoms with E-state index >= 15 is 0 Å². The molecule has 0 aliphatic heterocycles. The lowest BCUT2D eigenvalue weighted by Crippen LogP contribution is -2.36. The first-order valence-corrected chi connectivity index (χ1v) is 7.42. The van der Waals surface area contributed by atoms with Gasteiger partial charge in [0.25, 0.3) is 5.91 Å². The normalized spacial score (nSPS) is 12.0. The molecule has 6 nitrogen and oxygen atoms in total. The van der Waals surface area contributed by atoms with Crippen LogP contribution in [0.2, 0.25) is 0 Å². The van der Waals surface area contributed by atoms with Gasteiger partial charge in [0.05, 0.1) is 6.54 Å². The number of hydrogen-bond acceptors (Lipinski definition) is 4. The Bertz CT molecular complexity index is 710. The summed E-state index contributed by atoms with van der Waals surface area (Å²) in [4.78, 5) is 25.7. The average molecular weight is 333 g/mol. The zero-order chi connectivity index (χ0) is 17.7. The van der Waals surface area contributed by atoms with E-state index in [0.29, 0.717) is 11.3 Å². The van der Waals surface area contributed by atoms with Gasteiger partial charge in [0.1, 0.15) is 17.6 Å². The van der Waals surface area contributed by atoms with Crippen molar-refractivity contribution in [3.8, 4) is 0 Å². The Morgan fingerprint density at radius 1 is 1.17 bits per heavy atom. The zero-order valence-corrected chi connectivity index (χ0v) is 13.8. The highest BCUT2D eigenvalue weighted by Crippen LogP contribution is 2.19. The van der Waals surface area contributed by atoms with Crippen LogP contribution in [0.1, 0.15) is 27.9 Å². The Morgan fingerprint density at radius 2 is 1.83 bits per heavy atom. The third-order valence-electron chi connectivity index (χ3n) is 3.50. The van der Waals surface area contributed by atoms with Gasteiger partial charge in [-0.25, -0.2) is 4.39 Å². The van der Waals surface area contributed by atoms with Crippen LogP contribution >= 0.6 is 0 Å². The van der Waals surface area contributed by atoms with Crippen LogP contribution in [0.4, 0.5) is 4.39 Å². The van der Waals surface area contributed by atoms with Crippen molar-refractivity contribution < 1.29 is 18.4 Å². The fraction of sp³-hybridized carbons (Fsp3) is 0.294. The Kier molecular flexibility index (Phi) is 5.70. The number of nitrogens with zero attached hydrogens (tertiary/aromatic N) is 1. The summed E-state index contributed by atoms with van der Waals surface area (Å²) in [7, 11) is 5.05. The second kappa shape index (κ2) is 7.74. The number of carbonyl (C=O) groups excluding carboxylic acids is 2. The first-order chi connectivity index (χ1) is 11.4. The van der Waals surface area contributed by atoms with Gasteiger partial charge in [-0.1, -0.05) is 12.1 Å². The monoisotopic (exact) mass is 333 g/mol. The Hall–Kier alpha value is -2.67. The number of carbonyl (C=O) groups is 2. The lowest BCUT2D eigenvalue weighted by Gasteiger charge is -2.23. The summed E-state index contributed by atoms with van der Waals surface area (Å²) in [5, 5.41) is 5.23. The highest BCUT2D eigenvalue weighted by atomic mass is 19.1. The van der Waals surface area contributed by atoms with E-state index in [4.69, 9.17) is 4.42 Å². The summed E-state index contributed by atoms with van der Waals surface area (Å²) in [6, 6.07) is 8.42.